The van der Waals surface area contributed by atoms with E-state index < -0.39 is 0 Å². The topological polar surface area (TPSA) is 34.1 Å². The predicted molar refractivity (Wildman–Crippen MR) is 93.6 cm³/mol. The molecule has 0 aliphatic rings. The fourth-order valence-corrected chi connectivity index (χ4v) is 2.61. The minimum atomic E-state index is -0.0755. The molecule has 120 valence electrons. The number of benzene rings is 2. The highest BCUT2D eigenvalue weighted by atomic mass is 16.1. The van der Waals surface area contributed by atoms with Crippen molar-refractivity contribution < 1.29 is 9.59 Å². The number of rotatable bonds is 7. The zero-order valence-electron chi connectivity index (χ0n) is 14.1. The van der Waals surface area contributed by atoms with E-state index in [0.29, 0.717) is 12.8 Å². The smallest absolute Gasteiger partial charge is 0.165 e. The van der Waals surface area contributed by atoms with E-state index in [-0.39, 0.29) is 23.4 Å². The van der Waals surface area contributed by atoms with E-state index in [1.165, 1.54) is 0 Å². The molecule has 0 aliphatic heterocycles. The Morgan fingerprint density at radius 1 is 0.870 bits per heavy atom. The third-order valence-electron chi connectivity index (χ3n) is 4.06. The molecule has 1 unspecified atom stereocenters. The van der Waals surface area contributed by atoms with Crippen LogP contribution in [-0.4, -0.2) is 11.6 Å². The van der Waals surface area contributed by atoms with Crippen molar-refractivity contribution >= 4 is 11.6 Å². The van der Waals surface area contributed by atoms with Gasteiger partial charge in [-0.2, -0.15) is 0 Å². The van der Waals surface area contributed by atoms with Gasteiger partial charge in [0.2, 0.25) is 0 Å². The van der Waals surface area contributed by atoms with E-state index >= 15 is 0 Å². The highest BCUT2D eigenvalue weighted by molar-refractivity contribution is 5.97. The molecule has 2 aromatic carbocycles. The summed E-state index contributed by atoms with van der Waals surface area (Å²) in [4.78, 5) is 24.3. The summed E-state index contributed by atoms with van der Waals surface area (Å²) in [7, 11) is 0. The van der Waals surface area contributed by atoms with Crippen LogP contribution in [0.1, 0.15) is 42.3 Å². The molecule has 0 aliphatic carbocycles. The van der Waals surface area contributed by atoms with Crippen LogP contribution in [0.15, 0.2) is 54.6 Å². The number of carbonyl (C=O) groups excluding carboxylic acids is 2. The van der Waals surface area contributed by atoms with Crippen LogP contribution in [0.3, 0.4) is 0 Å². The molecule has 2 heteroatoms. The Kier molecular flexibility index (Phi) is 5.86. The molecule has 0 amide bonds. The van der Waals surface area contributed by atoms with E-state index in [1.54, 1.807) is 0 Å². The first-order valence-electron chi connectivity index (χ1n) is 8.17. The van der Waals surface area contributed by atoms with Gasteiger partial charge in [-0.05, 0) is 17.5 Å². The molecule has 0 aromatic heterocycles. The summed E-state index contributed by atoms with van der Waals surface area (Å²) in [6.45, 7) is 5.81. The van der Waals surface area contributed by atoms with Gasteiger partial charge in [0.1, 0.15) is 5.78 Å². The second kappa shape index (κ2) is 7.87. The van der Waals surface area contributed by atoms with Gasteiger partial charge in [-0.1, -0.05) is 75.4 Å². The fraction of sp³-hybridized carbons (Fsp3) is 0.333. The summed E-state index contributed by atoms with van der Waals surface area (Å²) in [5.74, 6) is 0.385. The summed E-state index contributed by atoms with van der Waals surface area (Å²) in [6.07, 6.45) is 1.16. The first-order chi connectivity index (χ1) is 11.0. The van der Waals surface area contributed by atoms with Gasteiger partial charge >= 0.3 is 0 Å². The number of ketones is 2. The average molecular weight is 308 g/mol. The van der Waals surface area contributed by atoms with Gasteiger partial charge in [0.15, 0.2) is 5.78 Å². The third kappa shape index (κ3) is 4.88. The Labute approximate surface area is 138 Å². The van der Waals surface area contributed by atoms with Crippen LogP contribution < -0.4 is 0 Å². The van der Waals surface area contributed by atoms with E-state index in [1.807, 2.05) is 69.3 Å². The summed E-state index contributed by atoms with van der Waals surface area (Å²) in [6, 6.07) is 17.4. The molecule has 2 rings (SSSR count). The Bertz CT molecular complexity index is 671. The first-order valence-corrected chi connectivity index (χ1v) is 8.17. The largest absolute Gasteiger partial charge is 0.299 e. The van der Waals surface area contributed by atoms with Crippen molar-refractivity contribution in [2.75, 3.05) is 0 Å². The summed E-state index contributed by atoms with van der Waals surface area (Å²) < 4.78 is 0. The highest BCUT2D eigenvalue weighted by Gasteiger charge is 2.16. The molecule has 0 bridgehead atoms. The lowest BCUT2D eigenvalue weighted by Crippen LogP contribution is -2.14. The van der Waals surface area contributed by atoms with Gasteiger partial charge in [-0.25, -0.2) is 0 Å². The Morgan fingerprint density at radius 3 is 2.17 bits per heavy atom. The van der Waals surface area contributed by atoms with Crippen molar-refractivity contribution in [3.05, 3.63) is 71.3 Å². The zero-order chi connectivity index (χ0) is 16.8. The molecule has 0 heterocycles. The summed E-state index contributed by atoms with van der Waals surface area (Å²) >= 11 is 0. The van der Waals surface area contributed by atoms with E-state index in [4.69, 9.17) is 0 Å². The lowest BCUT2D eigenvalue weighted by molar-refractivity contribution is -0.121. The summed E-state index contributed by atoms with van der Waals surface area (Å²) in [5, 5.41) is 0. The standard InChI is InChI=1S/C21H24O2/c1-15(2)20(22)14-18-9-7-8-17(13-18)12-16(3)21(23)19-10-5-4-6-11-19/h4-11,13,15-16H,12,14H2,1-3H3. The monoisotopic (exact) mass is 308 g/mol. The predicted octanol–water partition coefficient (Wildman–Crippen LogP) is 4.52. The highest BCUT2D eigenvalue weighted by Crippen LogP contribution is 2.16. The van der Waals surface area contributed by atoms with Gasteiger partial charge in [0.25, 0.3) is 0 Å². The maximum Gasteiger partial charge on any atom is 0.165 e. The lowest BCUT2D eigenvalue weighted by Gasteiger charge is -2.12. The van der Waals surface area contributed by atoms with Crippen LogP contribution in [0.4, 0.5) is 0 Å². The van der Waals surface area contributed by atoms with Crippen molar-refractivity contribution in [1.82, 2.24) is 0 Å². The van der Waals surface area contributed by atoms with E-state index in [2.05, 4.69) is 6.07 Å². The van der Waals surface area contributed by atoms with E-state index in [9.17, 15) is 9.59 Å². The second-order valence-electron chi connectivity index (χ2n) is 6.45. The van der Waals surface area contributed by atoms with Crippen LogP contribution >= 0.6 is 0 Å². The van der Waals surface area contributed by atoms with Crippen molar-refractivity contribution in [1.29, 1.82) is 0 Å². The number of hydrogen-bond acceptors (Lipinski definition) is 2. The Hall–Kier alpha value is -2.22. The second-order valence-corrected chi connectivity index (χ2v) is 6.45. The maximum absolute atomic E-state index is 12.4. The molecule has 0 spiro atoms. The molecule has 2 aromatic rings. The molecule has 0 saturated carbocycles. The van der Waals surface area contributed by atoms with Crippen molar-refractivity contribution in [3.63, 3.8) is 0 Å². The van der Waals surface area contributed by atoms with Crippen LogP contribution in [0.25, 0.3) is 0 Å². The minimum Gasteiger partial charge on any atom is -0.299 e. The van der Waals surface area contributed by atoms with Gasteiger partial charge in [0.05, 0.1) is 0 Å². The molecular formula is C21H24O2. The van der Waals surface area contributed by atoms with Gasteiger partial charge in [-0.3, -0.25) is 9.59 Å². The van der Waals surface area contributed by atoms with Crippen molar-refractivity contribution in [2.24, 2.45) is 11.8 Å². The zero-order valence-corrected chi connectivity index (χ0v) is 14.1. The Balaban J connectivity index is 2.05. The lowest BCUT2D eigenvalue weighted by atomic mass is 9.91. The van der Waals surface area contributed by atoms with Crippen LogP contribution in [-0.2, 0) is 17.6 Å². The molecule has 1 atom stereocenters. The molecule has 23 heavy (non-hydrogen) atoms. The Morgan fingerprint density at radius 2 is 1.52 bits per heavy atom. The number of hydrogen-bond donors (Lipinski definition) is 0. The molecule has 2 nitrogen and oxygen atoms in total. The normalized spacial score (nSPS) is 12.2. The SMILES string of the molecule is CC(C)C(=O)Cc1cccc(CC(C)C(=O)c2ccccc2)c1. The van der Waals surface area contributed by atoms with Gasteiger partial charge < -0.3 is 0 Å². The minimum absolute atomic E-state index is 0.0530. The first kappa shape index (κ1) is 17.1. The maximum atomic E-state index is 12.4. The van der Waals surface area contributed by atoms with Crippen LogP contribution in [0, 0.1) is 11.8 Å². The fourth-order valence-electron chi connectivity index (χ4n) is 2.61. The average Bonchev–Trinajstić information content (AvgIpc) is 2.55. The van der Waals surface area contributed by atoms with Gasteiger partial charge in [-0.15, -0.1) is 0 Å². The van der Waals surface area contributed by atoms with E-state index in [0.717, 1.165) is 16.7 Å². The molecular weight excluding hydrogens is 284 g/mol. The van der Waals surface area contributed by atoms with Crippen molar-refractivity contribution in [2.45, 2.75) is 33.6 Å². The third-order valence-corrected chi connectivity index (χ3v) is 4.06. The number of carbonyl (C=O) groups is 2. The van der Waals surface area contributed by atoms with Gasteiger partial charge in [0, 0.05) is 23.8 Å². The van der Waals surface area contributed by atoms with Crippen molar-refractivity contribution in [3.8, 4) is 0 Å². The molecule has 0 saturated heterocycles. The molecule has 0 radical (unpaired) electrons. The summed E-state index contributed by atoms with van der Waals surface area (Å²) in [5.41, 5.74) is 2.89. The quantitative estimate of drug-likeness (QED) is 0.705. The number of Topliss-reactive ketones (excluding diaryl/α,β-unsaturated/α-hetero) is 2. The van der Waals surface area contributed by atoms with Crippen LogP contribution in [0.2, 0.25) is 0 Å². The molecule has 0 N–H and O–H groups in total. The molecule has 0 fully saturated rings. The van der Waals surface area contributed by atoms with Crippen LogP contribution in [0.5, 0.6) is 0 Å².